The molecule has 4 nitrogen and oxygen atoms in total. The van der Waals surface area contributed by atoms with Crippen LogP contribution in [0.15, 0.2) is 48.5 Å². The van der Waals surface area contributed by atoms with Crippen LogP contribution in [-0.4, -0.2) is 47.9 Å². The first kappa shape index (κ1) is 20.4. The van der Waals surface area contributed by atoms with Gasteiger partial charge in [-0.2, -0.15) is 0 Å². The minimum absolute atomic E-state index is 0.0200. The van der Waals surface area contributed by atoms with Gasteiger partial charge in [-0.15, -0.1) is 0 Å². The van der Waals surface area contributed by atoms with E-state index in [2.05, 4.69) is 4.90 Å². The number of carbonyl (C=O) groups is 1. The summed E-state index contributed by atoms with van der Waals surface area (Å²) in [5.74, 6) is -0.436. The Morgan fingerprint density at radius 2 is 1.39 bits per heavy atom. The molecule has 2 aromatic carbocycles. The lowest BCUT2D eigenvalue weighted by molar-refractivity contribution is -0.133. The van der Waals surface area contributed by atoms with Gasteiger partial charge in [-0.1, -0.05) is 24.3 Å². The fourth-order valence-electron chi connectivity index (χ4n) is 3.64. The second kappa shape index (κ2) is 9.26. The molecule has 1 atom stereocenters. The highest BCUT2D eigenvalue weighted by Crippen LogP contribution is 2.30. The third kappa shape index (κ3) is 5.14. The van der Waals surface area contributed by atoms with Crippen molar-refractivity contribution in [3.8, 4) is 0 Å². The van der Waals surface area contributed by atoms with Gasteiger partial charge in [-0.3, -0.25) is 9.69 Å². The number of nitrogens with zero attached hydrogens (tertiary/aromatic N) is 2. The highest BCUT2D eigenvalue weighted by Gasteiger charge is 2.28. The van der Waals surface area contributed by atoms with Crippen LogP contribution in [-0.2, 0) is 4.79 Å². The Morgan fingerprint density at radius 3 is 1.82 bits per heavy atom. The molecule has 2 aromatic rings. The normalized spacial score (nSPS) is 16.4. The maximum absolute atomic E-state index is 13.4. The van der Waals surface area contributed by atoms with Crippen molar-refractivity contribution in [1.82, 2.24) is 9.80 Å². The largest absolute Gasteiger partial charge is 0.340 e. The van der Waals surface area contributed by atoms with Gasteiger partial charge < -0.3 is 10.6 Å². The van der Waals surface area contributed by atoms with Crippen LogP contribution in [0.5, 0.6) is 0 Å². The molecule has 1 unspecified atom stereocenters. The second-order valence-corrected chi connectivity index (χ2v) is 7.44. The molecule has 0 aliphatic carbocycles. The number of halogens is 2. The summed E-state index contributed by atoms with van der Waals surface area (Å²) in [6.07, 6.45) is 1.16. The Balaban J connectivity index is 1.74. The number of piperazine rings is 1. The van der Waals surface area contributed by atoms with Gasteiger partial charge in [-0.05, 0) is 48.7 Å². The molecule has 0 bridgehead atoms. The molecule has 3 rings (SSSR count). The Hall–Kier alpha value is -2.31. The summed E-state index contributed by atoms with van der Waals surface area (Å²) in [6.45, 7) is 4.57. The summed E-state index contributed by atoms with van der Waals surface area (Å²) in [7, 11) is 0. The monoisotopic (exact) mass is 387 g/mol. The van der Waals surface area contributed by atoms with E-state index in [4.69, 9.17) is 5.73 Å². The first-order chi connectivity index (χ1) is 13.4. The summed E-state index contributed by atoms with van der Waals surface area (Å²) in [5.41, 5.74) is 7.65. The molecule has 28 heavy (non-hydrogen) atoms. The van der Waals surface area contributed by atoms with Crippen molar-refractivity contribution < 1.29 is 13.6 Å². The van der Waals surface area contributed by atoms with Crippen LogP contribution in [0.3, 0.4) is 0 Å². The fraction of sp³-hybridized carbons (Fsp3) is 0.409. The van der Waals surface area contributed by atoms with Gasteiger partial charge in [0.05, 0.1) is 6.04 Å². The van der Waals surface area contributed by atoms with E-state index in [1.54, 1.807) is 24.3 Å². The molecule has 2 N–H and O–H groups in total. The lowest BCUT2D eigenvalue weighted by atomic mass is 9.96. The Kier molecular flexibility index (Phi) is 6.75. The number of rotatable bonds is 6. The van der Waals surface area contributed by atoms with E-state index in [1.807, 2.05) is 11.8 Å². The Morgan fingerprint density at radius 1 is 0.929 bits per heavy atom. The molecule has 0 radical (unpaired) electrons. The zero-order chi connectivity index (χ0) is 20.1. The van der Waals surface area contributed by atoms with Crippen LogP contribution in [0, 0.1) is 11.6 Å². The number of benzene rings is 2. The van der Waals surface area contributed by atoms with E-state index in [0.717, 1.165) is 11.1 Å². The molecule has 0 aromatic heterocycles. The molecular weight excluding hydrogens is 360 g/mol. The van der Waals surface area contributed by atoms with Crippen LogP contribution in [0.2, 0.25) is 0 Å². The summed E-state index contributed by atoms with van der Waals surface area (Å²) in [4.78, 5) is 16.5. The molecule has 1 heterocycles. The van der Waals surface area contributed by atoms with Crippen molar-refractivity contribution in [3.63, 3.8) is 0 Å². The van der Waals surface area contributed by atoms with Gasteiger partial charge in [0.1, 0.15) is 11.6 Å². The SMILES string of the molecule is CC(N)CCC(=O)N1CCN(C(c2ccc(F)cc2)c2ccc(F)cc2)CC1. The number of hydrogen-bond acceptors (Lipinski definition) is 3. The van der Waals surface area contributed by atoms with Gasteiger partial charge in [0.25, 0.3) is 0 Å². The van der Waals surface area contributed by atoms with Gasteiger partial charge in [0, 0.05) is 38.6 Å². The lowest BCUT2D eigenvalue weighted by Gasteiger charge is -2.40. The highest BCUT2D eigenvalue weighted by atomic mass is 19.1. The van der Waals surface area contributed by atoms with Crippen molar-refractivity contribution >= 4 is 5.91 Å². The standard InChI is InChI=1S/C22H27F2N3O/c1-16(25)2-11-21(28)26-12-14-27(15-13-26)22(17-3-7-19(23)8-4-17)18-5-9-20(24)10-6-18/h3-10,16,22H,2,11-15,25H2,1H3. The first-order valence-corrected chi connectivity index (χ1v) is 9.72. The molecule has 1 aliphatic heterocycles. The summed E-state index contributed by atoms with van der Waals surface area (Å²) < 4.78 is 26.8. The van der Waals surface area contributed by atoms with Crippen LogP contribution in [0.4, 0.5) is 8.78 Å². The third-order valence-corrected chi connectivity index (χ3v) is 5.22. The number of nitrogens with two attached hydrogens (primary N) is 1. The molecule has 1 saturated heterocycles. The topological polar surface area (TPSA) is 49.6 Å². The molecule has 150 valence electrons. The third-order valence-electron chi connectivity index (χ3n) is 5.22. The molecular formula is C22H27F2N3O. The zero-order valence-corrected chi connectivity index (χ0v) is 16.2. The smallest absolute Gasteiger partial charge is 0.222 e. The molecule has 1 aliphatic rings. The van der Waals surface area contributed by atoms with E-state index >= 15 is 0 Å². The van der Waals surface area contributed by atoms with E-state index in [-0.39, 0.29) is 29.6 Å². The second-order valence-electron chi connectivity index (χ2n) is 7.44. The van der Waals surface area contributed by atoms with Gasteiger partial charge in [-0.25, -0.2) is 8.78 Å². The van der Waals surface area contributed by atoms with Gasteiger partial charge >= 0.3 is 0 Å². The highest BCUT2D eigenvalue weighted by molar-refractivity contribution is 5.76. The minimum atomic E-state index is -0.286. The predicted molar refractivity (Wildman–Crippen MR) is 106 cm³/mol. The van der Waals surface area contributed by atoms with E-state index < -0.39 is 0 Å². The average molecular weight is 387 g/mol. The lowest BCUT2D eigenvalue weighted by Crippen LogP contribution is -2.50. The number of carbonyl (C=O) groups excluding carboxylic acids is 1. The van der Waals surface area contributed by atoms with E-state index in [1.165, 1.54) is 24.3 Å². The summed E-state index contributed by atoms with van der Waals surface area (Å²) in [5, 5.41) is 0. The zero-order valence-electron chi connectivity index (χ0n) is 16.2. The number of amides is 1. The van der Waals surface area contributed by atoms with Crippen LogP contribution >= 0.6 is 0 Å². The predicted octanol–water partition coefficient (Wildman–Crippen LogP) is 3.33. The fourth-order valence-corrected chi connectivity index (χ4v) is 3.64. The van der Waals surface area contributed by atoms with Crippen LogP contribution in [0.1, 0.15) is 36.9 Å². The molecule has 6 heteroatoms. The average Bonchev–Trinajstić information content (AvgIpc) is 2.70. The Labute approximate surface area is 164 Å². The van der Waals surface area contributed by atoms with Crippen molar-refractivity contribution in [2.45, 2.75) is 31.8 Å². The molecule has 0 spiro atoms. The summed E-state index contributed by atoms with van der Waals surface area (Å²) in [6, 6.07) is 12.8. The molecule has 0 saturated carbocycles. The van der Waals surface area contributed by atoms with Crippen molar-refractivity contribution in [3.05, 3.63) is 71.3 Å². The van der Waals surface area contributed by atoms with E-state index in [9.17, 15) is 13.6 Å². The summed E-state index contributed by atoms with van der Waals surface area (Å²) >= 11 is 0. The molecule has 1 amide bonds. The van der Waals surface area contributed by atoms with Crippen molar-refractivity contribution in [2.24, 2.45) is 5.73 Å². The number of hydrogen-bond donors (Lipinski definition) is 1. The first-order valence-electron chi connectivity index (χ1n) is 9.72. The van der Waals surface area contributed by atoms with Crippen LogP contribution < -0.4 is 5.73 Å². The van der Waals surface area contributed by atoms with Crippen molar-refractivity contribution in [2.75, 3.05) is 26.2 Å². The maximum atomic E-state index is 13.4. The van der Waals surface area contributed by atoms with Crippen LogP contribution in [0.25, 0.3) is 0 Å². The van der Waals surface area contributed by atoms with Gasteiger partial charge in [0.15, 0.2) is 0 Å². The maximum Gasteiger partial charge on any atom is 0.222 e. The minimum Gasteiger partial charge on any atom is -0.340 e. The molecule has 1 fully saturated rings. The van der Waals surface area contributed by atoms with E-state index in [0.29, 0.717) is 39.0 Å². The quantitative estimate of drug-likeness (QED) is 0.827. The Bertz CT molecular complexity index is 724. The van der Waals surface area contributed by atoms with Crippen molar-refractivity contribution in [1.29, 1.82) is 0 Å². The van der Waals surface area contributed by atoms with Gasteiger partial charge in [0.2, 0.25) is 5.91 Å².